The van der Waals surface area contributed by atoms with Crippen molar-refractivity contribution >= 4 is 0 Å². The normalized spacial score (nSPS) is 21.2. The van der Waals surface area contributed by atoms with E-state index >= 15 is 0 Å². The van der Waals surface area contributed by atoms with Gasteiger partial charge in [-0.3, -0.25) is 0 Å². The Morgan fingerprint density at radius 2 is 2.06 bits per heavy atom. The van der Waals surface area contributed by atoms with Crippen LogP contribution in [-0.2, 0) is 4.74 Å². The van der Waals surface area contributed by atoms with Crippen molar-refractivity contribution in [2.75, 3.05) is 6.61 Å². The van der Waals surface area contributed by atoms with Gasteiger partial charge in [-0.1, -0.05) is 26.2 Å². The summed E-state index contributed by atoms with van der Waals surface area (Å²) >= 11 is 0. The van der Waals surface area contributed by atoms with E-state index in [1.165, 1.54) is 0 Å². The molecule has 1 unspecified atom stereocenters. The summed E-state index contributed by atoms with van der Waals surface area (Å²) in [6.45, 7) is 2.52. The highest BCUT2D eigenvalue weighted by Gasteiger charge is 2.43. The molecule has 0 N–H and O–H groups in total. The quantitative estimate of drug-likeness (QED) is 0.613. The van der Waals surface area contributed by atoms with Gasteiger partial charge in [0, 0.05) is 0 Å². The molecule has 1 nitrogen and oxygen atoms in total. The van der Waals surface area contributed by atoms with Gasteiger partial charge < -0.3 is 4.74 Å². The molecular weight excluding hydrogens is 229 g/mol. The summed E-state index contributed by atoms with van der Waals surface area (Å²) in [4.78, 5) is 0. The van der Waals surface area contributed by atoms with Gasteiger partial charge >= 0.3 is 6.18 Å². The average molecular weight is 250 g/mol. The molecule has 1 aliphatic carbocycles. The molecule has 0 amide bonds. The van der Waals surface area contributed by atoms with Crippen molar-refractivity contribution in [3.8, 4) is 0 Å². The monoisotopic (exact) mass is 250 g/mol. The van der Waals surface area contributed by atoms with Gasteiger partial charge in [0.1, 0.15) is 11.7 Å². The Balaban J connectivity index is 2.36. The summed E-state index contributed by atoms with van der Waals surface area (Å²) < 4.78 is 43.4. The third-order valence-electron chi connectivity index (χ3n) is 3.05. The third-order valence-corrected chi connectivity index (χ3v) is 3.05. The number of allylic oxidation sites excluding steroid dienone is 2. The molecule has 0 fully saturated rings. The Kier molecular flexibility index (Phi) is 5.86. The maximum Gasteiger partial charge on any atom is 0.398 e. The van der Waals surface area contributed by atoms with Crippen LogP contribution in [0.3, 0.4) is 0 Å². The molecule has 0 saturated carbocycles. The lowest BCUT2D eigenvalue weighted by Crippen LogP contribution is -2.27. The minimum atomic E-state index is -4.16. The zero-order valence-corrected chi connectivity index (χ0v) is 10.4. The lowest BCUT2D eigenvalue weighted by molar-refractivity contribution is -0.177. The molecule has 0 aromatic rings. The fraction of sp³-hybridized carbons (Fsp3) is 0.846. The molecule has 0 aromatic heterocycles. The molecule has 100 valence electrons. The summed E-state index contributed by atoms with van der Waals surface area (Å²) in [5.74, 6) is -1.22. The van der Waals surface area contributed by atoms with E-state index in [4.69, 9.17) is 4.74 Å². The first-order chi connectivity index (χ1) is 8.05. The first-order valence-electron chi connectivity index (χ1n) is 6.45. The van der Waals surface area contributed by atoms with Crippen LogP contribution < -0.4 is 0 Å². The number of rotatable bonds is 6. The Hall–Kier alpha value is -0.670. The third kappa shape index (κ3) is 5.00. The second kappa shape index (κ2) is 6.92. The zero-order chi connectivity index (χ0) is 12.7. The highest BCUT2D eigenvalue weighted by atomic mass is 19.4. The van der Waals surface area contributed by atoms with Crippen molar-refractivity contribution < 1.29 is 17.9 Å². The summed E-state index contributed by atoms with van der Waals surface area (Å²) in [6.07, 6.45) is 3.04. The van der Waals surface area contributed by atoms with Crippen molar-refractivity contribution in [3.05, 3.63) is 11.8 Å². The molecule has 0 aliphatic heterocycles. The van der Waals surface area contributed by atoms with Crippen LogP contribution >= 0.6 is 0 Å². The standard InChI is InChI=1S/C13H21F3O/c1-2-3-4-7-10-17-12-9-6-5-8-11(12)13(14,15)16/h9,11H,2-8,10H2,1H3. The van der Waals surface area contributed by atoms with E-state index in [0.717, 1.165) is 25.7 Å². The van der Waals surface area contributed by atoms with Crippen LogP contribution in [0.1, 0.15) is 51.9 Å². The van der Waals surface area contributed by atoms with Crippen LogP contribution in [0.25, 0.3) is 0 Å². The maximum atomic E-state index is 12.7. The minimum absolute atomic E-state index is 0.153. The summed E-state index contributed by atoms with van der Waals surface area (Å²) in [5.41, 5.74) is 0. The predicted molar refractivity (Wildman–Crippen MR) is 61.6 cm³/mol. The smallest absolute Gasteiger partial charge is 0.398 e. The molecule has 1 atom stereocenters. The van der Waals surface area contributed by atoms with Gasteiger partial charge in [-0.25, -0.2) is 0 Å². The lowest BCUT2D eigenvalue weighted by Gasteiger charge is -2.26. The van der Waals surface area contributed by atoms with Crippen LogP contribution in [0.2, 0.25) is 0 Å². The highest BCUT2D eigenvalue weighted by Crippen LogP contribution is 2.38. The number of hydrogen-bond acceptors (Lipinski definition) is 1. The van der Waals surface area contributed by atoms with E-state index in [0.29, 0.717) is 19.4 Å². The zero-order valence-electron chi connectivity index (χ0n) is 10.4. The van der Waals surface area contributed by atoms with Crippen molar-refractivity contribution in [2.45, 2.75) is 58.0 Å². The fourth-order valence-corrected chi connectivity index (χ4v) is 2.05. The summed E-state index contributed by atoms with van der Waals surface area (Å²) in [6, 6.07) is 0. The predicted octanol–water partition coefficient (Wildman–Crippen LogP) is 4.83. The van der Waals surface area contributed by atoms with Crippen molar-refractivity contribution in [2.24, 2.45) is 5.92 Å². The molecule has 0 aromatic carbocycles. The number of unbranched alkanes of at least 4 members (excludes halogenated alkanes) is 3. The molecule has 0 spiro atoms. The molecule has 1 rings (SSSR count). The van der Waals surface area contributed by atoms with Crippen molar-refractivity contribution in [3.63, 3.8) is 0 Å². The van der Waals surface area contributed by atoms with Crippen molar-refractivity contribution in [1.29, 1.82) is 0 Å². The number of hydrogen-bond donors (Lipinski definition) is 0. The number of halogens is 3. The minimum Gasteiger partial charge on any atom is -0.498 e. The average Bonchev–Trinajstić information content (AvgIpc) is 2.28. The first-order valence-corrected chi connectivity index (χ1v) is 6.45. The molecule has 4 heteroatoms. The molecule has 0 heterocycles. The van der Waals surface area contributed by atoms with Gasteiger partial charge in [0.25, 0.3) is 0 Å². The van der Waals surface area contributed by atoms with Gasteiger partial charge in [-0.2, -0.15) is 13.2 Å². The van der Waals surface area contributed by atoms with Crippen LogP contribution in [0.5, 0.6) is 0 Å². The Morgan fingerprint density at radius 1 is 1.29 bits per heavy atom. The summed E-state index contributed by atoms with van der Waals surface area (Å²) in [7, 11) is 0. The van der Waals surface area contributed by atoms with Gasteiger partial charge in [0.15, 0.2) is 0 Å². The molecule has 0 saturated heterocycles. The van der Waals surface area contributed by atoms with Gasteiger partial charge in [0.05, 0.1) is 6.61 Å². The van der Waals surface area contributed by atoms with E-state index in [1.54, 1.807) is 6.08 Å². The van der Waals surface area contributed by atoms with Crippen LogP contribution in [0, 0.1) is 5.92 Å². The molecular formula is C13H21F3O. The van der Waals surface area contributed by atoms with E-state index in [9.17, 15) is 13.2 Å². The Morgan fingerprint density at radius 3 is 2.71 bits per heavy atom. The number of alkyl halides is 3. The van der Waals surface area contributed by atoms with Crippen LogP contribution in [0.15, 0.2) is 11.8 Å². The Labute approximate surface area is 101 Å². The van der Waals surface area contributed by atoms with E-state index in [2.05, 4.69) is 6.92 Å². The van der Waals surface area contributed by atoms with Crippen molar-refractivity contribution in [1.82, 2.24) is 0 Å². The summed E-state index contributed by atoms with van der Waals surface area (Å²) in [5, 5.41) is 0. The molecule has 0 radical (unpaired) electrons. The Bertz CT molecular complexity index is 246. The van der Waals surface area contributed by atoms with Crippen LogP contribution in [0.4, 0.5) is 13.2 Å². The molecule has 17 heavy (non-hydrogen) atoms. The van der Waals surface area contributed by atoms with Gasteiger partial charge in [-0.15, -0.1) is 0 Å². The van der Waals surface area contributed by atoms with E-state index < -0.39 is 12.1 Å². The van der Waals surface area contributed by atoms with E-state index in [1.807, 2.05) is 0 Å². The van der Waals surface area contributed by atoms with Gasteiger partial charge in [-0.05, 0) is 31.8 Å². The maximum absolute atomic E-state index is 12.7. The topological polar surface area (TPSA) is 9.23 Å². The second-order valence-electron chi connectivity index (χ2n) is 4.54. The lowest BCUT2D eigenvalue weighted by atomic mass is 9.93. The largest absolute Gasteiger partial charge is 0.498 e. The van der Waals surface area contributed by atoms with E-state index in [-0.39, 0.29) is 12.2 Å². The van der Waals surface area contributed by atoms with Crippen LogP contribution in [-0.4, -0.2) is 12.8 Å². The SMILES string of the molecule is CCCCCCOC1=CCCCC1C(F)(F)F. The molecule has 1 aliphatic rings. The van der Waals surface area contributed by atoms with Gasteiger partial charge in [0.2, 0.25) is 0 Å². The second-order valence-corrected chi connectivity index (χ2v) is 4.54. The number of ether oxygens (including phenoxy) is 1. The first kappa shape index (κ1) is 14.4. The highest BCUT2D eigenvalue weighted by molar-refractivity contribution is 5.05. The fourth-order valence-electron chi connectivity index (χ4n) is 2.05. The molecule has 0 bridgehead atoms.